The number of rotatable bonds is 8. The van der Waals surface area contributed by atoms with E-state index in [2.05, 4.69) is 25.9 Å². The van der Waals surface area contributed by atoms with Crippen LogP contribution in [0.3, 0.4) is 0 Å². The Hall–Kier alpha value is -0.760. The highest BCUT2D eigenvalue weighted by atomic mass is 32.1. The Balaban J connectivity index is 1.55. The van der Waals surface area contributed by atoms with Gasteiger partial charge in [0.05, 0.1) is 11.7 Å². The van der Waals surface area contributed by atoms with Crippen molar-refractivity contribution >= 4 is 11.7 Å². The van der Waals surface area contributed by atoms with Gasteiger partial charge in [0.2, 0.25) is 5.88 Å². The fourth-order valence-electron chi connectivity index (χ4n) is 2.41. The van der Waals surface area contributed by atoms with E-state index in [1.54, 1.807) is 6.20 Å². The molecule has 1 saturated heterocycles. The molecule has 2 unspecified atom stereocenters. The molecule has 0 bridgehead atoms. The van der Waals surface area contributed by atoms with Gasteiger partial charge in [-0.05, 0) is 32.9 Å². The van der Waals surface area contributed by atoms with Gasteiger partial charge < -0.3 is 15.2 Å². The Morgan fingerprint density at radius 3 is 2.90 bits per heavy atom. The number of ether oxygens (including phenoxy) is 1. The molecule has 6 nitrogen and oxygen atoms in total. The number of piperidine rings is 1. The number of hydrogen-bond donors (Lipinski definition) is 2. The van der Waals surface area contributed by atoms with Crippen molar-refractivity contribution in [3.63, 3.8) is 0 Å². The first-order valence-electron chi connectivity index (χ1n) is 7.29. The second kappa shape index (κ2) is 8.51. The van der Waals surface area contributed by atoms with Crippen LogP contribution >= 0.6 is 11.7 Å². The average Bonchev–Trinajstić information content (AvgIpc) is 2.99. The lowest BCUT2D eigenvalue weighted by Gasteiger charge is -2.32. The maximum Gasteiger partial charge on any atom is 0.245 e. The summed E-state index contributed by atoms with van der Waals surface area (Å²) in [6, 6.07) is 0.520. The number of aliphatic hydroxyl groups is 1. The average molecular weight is 300 g/mol. The highest BCUT2D eigenvalue weighted by molar-refractivity contribution is 6.99. The van der Waals surface area contributed by atoms with Gasteiger partial charge in [0, 0.05) is 19.1 Å². The largest absolute Gasteiger partial charge is 0.473 e. The summed E-state index contributed by atoms with van der Waals surface area (Å²) in [5.41, 5.74) is 0. The molecule has 114 valence electrons. The van der Waals surface area contributed by atoms with Crippen LogP contribution < -0.4 is 10.1 Å². The zero-order valence-corrected chi connectivity index (χ0v) is 12.8. The minimum absolute atomic E-state index is 0.247. The first-order chi connectivity index (χ1) is 9.75. The van der Waals surface area contributed by atoms with Gasteiger partial charge in [0.25, 0.3) is 0 Å². The van der Waals surface area contributed by atoms with Crippen molar-refractivity contribution in [1.29, 1.82) is 0 Å². The summed E-state index contributed by atoms with van der Waals surface area (Å²) >= 11 is 1.10. The molecule has 0 amide bonds. The molecular weight excluding hydrogens is 276 g/mol. The minimum atomic E-state index is -0.523. The van der Waals surface area contributed by atoms with E-state index in [-0.39, 0.29) is 6.61 Å². The molecular formula is C13H24N4O2S. The van der Waals surface area contributed by atoms with Gasteiger partial charge in [-0.1, -0.05) is 6.42 Å². The van der Waals surface area contributed by atoms with Crippen LogP contribution in [0.5, 0.6) is 5.88 Å². The monoisotopic (exact) mass is 300 g/mol. The fourth-order valence-corrected chi connectivity index (χ4v) is 2.77. The molecule has 2 heterocycles. The lowest BCUT2D eigenvalue weighted by Crippen LogP contribution is -2.44. The molecule has 0 aliphatic carbocycles. The number of aromatic nitrogens is 2. The van der Waals surface area contributed by atoms with Crippen molar-refractivity contribution in [2.45, 2.75) is 38.3 Å². The summed E-state index contributed by atoms with van der Waals surface area (Å²) in [6.07, 6.45) is 5.01. The van der Waals surface area contributed by atoms with Crippen LogP contribution in [-0.2, 0) is 0 Å². The van der Waals surface area contributed by atoms with Gasteiger partial charge >= 0.3 is 0 Å². The van der Waals surface area contributed by atoms with Gasteiger partial charge in [-0.3, -0.25) is 4.90 Å². The number of nitrogens with one attached hydrogen (secondary N) is 1. The molecule has 2 rings (SSSR count). The molecule has 2 atom stereocenters. The van der Waals surface area contributed by atoms with E-state index in [1.807, 2.05) is 0 Å². The number of hydrogen-bond acceptors (Lipinski definition) is 7. The summed E-state index contributed by atoms with van der Waals surface area (Å²) in [5, 5.41) is 13.1. The molecule has 0 spiro atoms. The molecule has 0 aromatic carbocycles. The molecule has 20 heavy (non-hydrogen) atoms. The molecule has 1 fully saturated rings. The van der Waals surface area contributed by atoms with E-state index < -0.39 is 6.10 Å². The van der Waals surface area contributed by atoms with Crippen LogP contribution in [0.2, 0.25) is 0 Å². The topological polar surface area (TPSA) is 70.5 Å². The van der Waals surface area contributed by atoms with Crippen molar-refractivity contribution in [2.75, 3.05) is 32.8 Å². The zero-order valence-electron chi connectivity index (χ0n) is 12.0. The van der Waals surface area contributed by atoms with E-state index in [4.69, 9.17) is 4.74 Å². The normalized spacial score (nSPS) is 19.7. The van der Waals surface area contributed by atoms with Crippen LogP contribution in [0, 0.1) is 0 Å². The van der Waals surface area contributed by atoms with Crippen LogP contribution in [0.15, 0.2) is 6.20 Å². The molecule has 1 aliphatic rings. The van der Waals surface area contributed by atoms with Gasteiger partial charge in [-0.2, -0.15) is 4.37 Å². The number of aliphatic hydroxyl groups excluding tert-OH is 1. The van der Waals surface area contributed by atoms with E-state index >= 15 is 0 Å². The van der Waals surface area contributed by atoms with Crippen LogP contribution in [0.4, 0.5) is 0 Å². The molecule has 0 saturated carbocycles. The van der Waals surface area contributed by atoms with Crippen LogP contribution in [0.25, 0.3) is 0 Å². The van der Waals surface area contributed by atoms with E-state index in [9.17, 15) is 5.11 Å². The fraction of sp³-hybridized carbons (Fsp3) is 0.846. The maximum absolute atomic E-state index is 9.83. The molecule has 7 heteroatoms. The maximum atomic E-state index is 9.83. The Kier molecular flexibility index (Phi) is 6.65. The Morgan fingerprint density at radius 1 is 1.40 bits per heavy atom. The third-order valence-corrected chi connectivity index (χ3v) is 4.06. The molecule has 1 aromatic heterocycles. The van der Waals surface area contributed by atoms with Gasteiger partial charge in [0.15, 0.2) is 0 Å². The highest BCUT2D eigenvalue weighted by Crippen LogP contribution is 2.11. The van der Waals surface area contributed by atoms with Gasteiger partial charge in [-0.25, -0.2) is 0 Å². The Bertz CT molecular complexity index is 357. The zero-order chi connectivity index (χ0) is 14.2. The van der Waals surface area contributed by atoms with Crippen molar-refractivity contribution in [3.05, 3.63) is 6.20 Å². The Morgan fingerprint density at radius 2 is 2.20 bits per heavy atom. The summed E-state index contributed by atoms with van der Waals surface area (Å²) in [4.78, 5) is 2.51. The van der Waals surface area contributed by atoms with Crippen molar-refractivity contribution in [3.8, 4) is 5.88 Å². The second-order valence-corrected chi connectivity index (χ2v) is 5.87. The standard InChI is InChI=1S/C13H24N4O2S/c1-11(17-5-3-2-4-6-17)7-14-8-12(18)10-19-13-9-15-20-16-13/h9,11-12,14,18H,2-8,10H2,1H3. The van der Waals surface area contributed by atoms with Crippen LogP contribution in [-0.4, -0.2) is 63.7 Å². The quantitative estimate of drug-likeness (QED) is 0.738. The van der Waals surface area contributed by atoms with Crippen LogP contribution in [0.1, 0.15) is 26.2 Å². The highest BCUT2D eigenvalue weighted by Gasteiger charge is 2.16. The van der Waals surface area contributed by atoms with E-state index in [1.165, 1.54) is 32.4 Å². The van der Waals surface area contributed by atoms with E-state index in [0.717, 1.165) is 18.3 Å². The first-order valence-corrected chi connectivity index (χ1v) is 8.02. The molecule has 1 aromatic rings. The van der Waals surface area contributed by atoms with Gasteiger partial charge in [-0.15, -0.1) is 4.37 Å². The smallest absolute Gasteiger partial charge is 0.245 e. The Labute approximate surface area is 124 Å². The number of likely N-dealkylation sites (tertiary alicyclic amines) is 1. The third-order valence-electron chi connectivity index (χ3n) is 3.60. The molecule has 2 N–H and O–H groups in total. The molecule has 0 radical (unpaired) electrons. The lowest BCUT2D eigenvalue weighted by atomic mass is 10.1. The van der Waals surface area contributed by atoms with Gasteiger partial charge in [0.1, 0.15) is 18.9 Å². The summed E-state index contributed by atoms with van der Waals surface area (Å²) < 4.78 is 13.1. The predicted molar refractivity (Wildman–Crippen MR) is 79.2 cm³/mol. The van der Waals surface area contributed by atoms with Crippen molar-refractivity contribution < 1.29 is 9.84 Å². The molecule has 1 aliphatic heterocycles. The summed E-state index contributed by atoms with van der Waals surface area (Å²) in [5.74, 6) is 0.482. The predicted octanol–water partition coefficient (Wildman–Crippen LogP) is 0.742. The summed E-state index contributed by atoms with van der Waals surface area (Å²) in [7, 11) is 0. The minimum Gasteiger partial charge on any atom is -0.473 e. The summed E-state index contributed by atoms with van der Waals surface area (Å²) in [6.45, 7) is 6.32. The lowest BCUT2D eigenvalue weighted by molar-refractivity contribution is 0.100. The third kappa shape index (κ3) is 5.32. The first kappa shape index (κ1) is 15.6. The van der Waals surface area contributed by atoms with Crippen molar-refractivity contribution in [2.24, 2.45) is 0 Å². The second-order valence-electron chi connectivity index (χ2n) is 5.31. The van der Waals surface area contributed by atoms with E-state index in [0.29, 0.717) is 18.5 Å². The SMILES string of the molecule is CC(CNCC(O)COc1cnsn1)N1CCCCC1. The van der Waals surface area contributed by atoms with Crippen molar-refractivity contribution in [1.82, 2.24) is 19.0 Å². The number of nitrogens with zero attached hydrogens (tertiary/aromatic N) is 3.